The summed E-state index contributed by atoms with van der Waals surface area (Å²) in [6, 6.07) is 1.66. The van der Waals surface area contributed by atoms with Crippen LogP contribution in [0, 0.1) is 0 Å². The molecule has 1 fully saturated rings. The third kappa shape index (κ3) is 3.01. The Hall–Kier alpha value is -2.30. The summed E-state index contributed by atoms with van der Waals surface area (Å²) in [5.41, 5.74) is 1.82. The molecule has 5 rings (SSSR count). The maximum Gasteiger partial charge on any atom is 0.261 e. The van der Waals surface area contributed by atoms with Crippen LogP contribution < -0.4 is 10.9 Å². The summed E-state index contributed by atoms with van der Waals surface area (Å²) in [5, 5.41) is 7.94. The lowest BCUT2D eigenvalue weighted by Gasteiger charge is -2.14. The fourth-order valence-electron chi connectivity index (χ4n) is 3.68. The van der Waals surface area contributed by atoms with Crippen LogP contribution in [0.4, 0.5) is 0 Å². The van der Waals surface area contributed by atoms with Gasteiger partial charge in [0.2, 0.25) is 0 Å². The quantitative estimate of drug-likeness (QED) is 0.487. The Morgan fingerprint density at radius 3 is 2.96 bits per heavy atom. The molecule has 2 N–H and O–H groups in total. The Morgan fingerprint density at radius 2 is 2.14 bits per heavy atom. The highest BCUT2D eigenvalue weighted by Crippen LogP contribution is 2.30. The van der Waals surface area contributed by atoms with Crippen LogP contribution in [-0.4, -0.2) is 56.6 Å². The van der Waals surface area contributed by atoms with E-state index in [-0.39, 0.29) is 11.5 Å². The van der Waals surface area contributed by atoms with Gasteiger partial charge in [-0.15, -0.1) is 11.3 Å². The third-order valence-electron chi connectivity index (χ3n) is 5.05. The van der Waals surface area contributed by atoms with Crippen molar-refractivity contribution in [3.05, 3.63) is 38.2 Å². The Labute approximate surface area is 171 Å². The van der Waals surface area contributed by atoms with Crippen LogP contribution in [0.3, 0.4) is 0 Å². The molecular weight excluding hydrogens is 444 g/mol. The summed E-state index contributed by atoms with van der Waals surface area (Å²) in [6.07, 6.45) is 5.81. The van der Waals surface area contributed by atoms with Crippen LogP contribution in [0.2, 0.25) is 0 Å². The van der Waals surface area contributed by atoms with E-state index in [4.69, 9.17) is 0 Å². The van der Waals surface area contributed by atoms with Crippen molar-refractivity contribution in [2.24, 2.45) is 0 Å². The van der Waals surface area contributed by atoms with Gasteiger partial charge in [-0.1, -0.05) is 0 Å². The number of hydrogen-bond donors (Lipinski definition) is 2. The van der Waals surface area contributed by atoms with Crippen LogP contribution in [-0.2, 0) is 0 Å². The van der Waals surface area contributed by atoms with E-state index in [1.165, 1.54) is 30.4 Å². The van der Waals surface area contributed by atoms with Crippen molar-refractivity contribution < 1.29 is 4.79 Å². The van der Waals surface area contributed by atoms with E-state index in [9.17, 15) is 9.59 Å². The minimum Gasteiger partial charge on any atom is -0.351 e. The fourth-order valence-corrected chi connectivity index (χ4v) is 5.15. The van der Waals surface area contributed by atoms with E-state index in [1.54, 1.807) is 10.6 Å². The second-order valence-electron chi connectivity index (χ2n) is 6.89. The van der Waals surface area contributed by atoms with Gasteiger partial charge in [0.15, 0.2) is 0 Å². The summed E-state index contributed by atoms with van der Waals surface area (Å²) in [6.45, 7) is 3.65. The molecule has 0 saturated carbocycles. The van der Waals surface area contributed by atoms with Gasteiger partial charge in [-0.25, -0.2) is 4.52 Å². The van der Waals surface area contributed by atoms with Crippen LogP contribution in [0.5, 0.6) is 0 Å². The van der Waals surface area contributed by atoms with Crippen LogP contribution in [0.1, 0.15) is 23.2 Å². The van der Waals surface area contributed by atoms with Crippen molar-refractivity contribution in [2.75, 3.05) is 26.2 Å². The zero-order valence-corrected chi connectivity index (χ0v) is 17.3. The predicted molar refractivity (Wildman–Crippen MR) is 112 cm³/mol. The summed E-state index contributed by atoms with van der Waals surface area (Å²) in [7, 11) is 0. The number of thiazole rings is 1. The number of rotatable bonds is 4. The number of pyridine rings is 2. The predicted octanol–water partition coefficient (Wildman–Crippen LogP) is 2.37. The summed E-state index contributed by atoms with van der Waals surface area (Å²) < 4.78 is 2.57. The van der Waals surface area contributed by atoms with Gasteiger partial charge < -0.3 is 15.2 Å². The van der Waals surface area contributed by atoms with Gasteiger partial charge in [-0.2, -0.15) is 5.10 Å². The van der Waals surface area contributed by atoms with Gasteiger partial charge in [0.05, 0.1) is 21.1 Å². The lowest BCUT2D eigenvalue weighted by Crippen LogP contribution is -2.33. The lowest BCUT2D eigenvalue weighted by molar-refractivity contribution is 0.0949. The van der Waals surface area contributed by atoms with Gasteiger partial charge in [0.1, 0.15) is 21.3 Å². The zero-order valence-electron chi connectivity index (χ0n) is 14.9. The van der Waals surface area contributed by atoms with Crippen LogP contribution >= 0.6 is 27.3 Å². The third-order valence-corrected chi connectivity index (χ3v) is 6.62. The average Bonchev–Trinajstić information content (AvgIpc) is 3.37. The Bertz CT molecular complexity index is 1270. The number of hydrogen-bond acceptors (Lipinski definition) is 6. The summed E-state index contributed by atoms with van der Waals surface area (Å²) in [4.78, 5) is 35.5. The second-order valence-corrected chi connectivity index (χ2v) is 9.30. The molecule has 4 aromatic heterocycles. The summed E-state index contributed by atoms with van der Waals surface area (Å²) in [5.74, 6) is -0.190. The molecule has 1 aliphatic rings. The van der Waals surface area contributed by atoms with E-state index in [2.05, 4.69) is 41.2 Å². The maximum atomic E-state index is 12.6. The van der Waals surface area contributed by atoms with Crippen molar-refractivity contribution in [2.45, 2.75) is 12.8 Å². The van der Waals surface area contributed by atoms with Gasteiger partial charge in [-0.3, -0.25) is 14.6 Å². The molecule has 10 heteroatoms. The molecule has 1 aliphatic heterocycles. The number of aromatic nitrogens is 4. The molecule has 4 aromatic rings. The van der Waals surface area contributed by atoms with Crippen molar-refractivity contribution in [1.82, 2.24) is 29.8 Å². The Balaban J connectivity index is 1.46. The summed E-state index contributed by atoms with van der Waals surface area (Å²) >= 11 is 4.85. The van der Waals surface area contributed by atoms with E-state index in [0.29, 0.717) is 34.0 Å². The number of nitrogens with zero attached hydrogens (tertiary/aromatic N) is 4. The number of nitrogens with one attached hydrogen (secondary N) is 2. The molecule has 8 nitrogen and oxygen atoms in total. The van der Waals surface area contributed by atoms with Gasteiger partial charge in [-0.05, 0) is 47.9 Å². The average molecular weight is 461 g/mol. The monoisotopic (exact) mass is 460 g/mol. The minimum absolute atomic E-state index is 0.190. The van der Waals surface area contributed by atoms with E-state index >= 15 is 0 Å². The number of carbonyl (C=O) groups is 1. The van der Waals surface area contributed by atoms with Crippen molar-refractivity contribution in [3.63, 3.8) is 0 Å². The first-order chi connectivity index (χ1) is 13.6. The highest BCUT2D eigenvalue weighted by Gasteiger charge is 2.18. The van der Waals surface area contributed by atoms with E-state index in [0.717, 1.165) is 28.3 Å². The largest absolute Gasteiger partial charge is 0.351 e. The number of aromatic amines is 1. The highest BCUT2D eigenvalue weighted by molar-refractivity contribution is 9.11. The van der Waals surface area contributed by atoms with Crippen molar-refractivity contribution in [3.8, 4) is 0 Å². The molecule has 144 valence electrons. The molecular formula is C18H17BrN6O2S. The number of fused-ring (bicyclic) bond motifs is 5. The first-order valence-corrected chi connectivity index (χ1v) is 10.7. The van der Waals surface area contributed by atoms with E-state index < -0.39 is 0 Å². The second kappa shape index (κ2) is 6.94. The fraction of sp³-hybridized carbons (Fsp3) is 0.333. The number of amides is 1. The van der Waals surface area contributed by atoms with E-state index in [1.807, 2.05) is 6.20 Å². The van der Waals surface area contributed by atoms with Gasteiger partial charge >= 0.3 is 0 Å². The zero-order chi connectivity index (χ0) is 19.3. The number of carbonyl (C=O) groups excluding carboxylic acids is 1. The SMILES string of the molecule is O=C(NCCN1CCCC1)c1cnc2c(c1)[nH]c(=O)c1c2nn2cc(Br)sc12. The van der Waals surface area contributed by atoms with Crippen LogP contribution in [0.15, 0.2) is 27.0 Å². The minimum atomic E-state index is -0.236. The topological polar surface area (TPSA) is 95.4 Å². The molecule has 28 heavy (non-hydrogen) atoms. The molecule has 0 aliphatic carbocycles. The standard InChI is InChI=1S/C18H17BrN6O2S/c19-12-9-25-18(28-12)13-15(23-25)14-11(22-17(13)27)7-10(8-21-14)16(26)20-3-6-24-4-1-2-5-24/h7-9H,1-6H2,(H,20,26)(H,22,27). The number of likely N-dealkylation sites (tertiary alicyclic amines) is 1. The van der Waals surface area contributed by atoms with Crippen molar-refractivity contribution in [1.29, 1.82) is 0 Å². The molecule has 0 atom stereocenters. The normalized spacial score (nSPS) is 15.2. The Morgan fingerprint density at radius 1 is 1.32 bits per heavy atom. The lowest BCUT2D eigenvalue weighted by atomic mass is 10.2. The van der Waals surface area contributed by atoms with Gasteiger partial charge in [0.25, 0.3) is 11.5 Å². The Kier molecular flexibility index (Phi) is 4.41. The molecule has 1 saturated heterocycles. The smallest absolute Gasteiger partial charge is 0.261 e. The molecule has 0 unspecified atom stereocenters. The number of H-pyrrole nitrogens is 1. The first kappa shape index (κ1) is 17.8. The maximum absolute atomic E-state index is 12.6. The molecule has 5 heterocycles. The number of halogens is 1. The molecule has 0 bridgehead atoms. The molecule has 0 radical (unpaired) electrons. The molecule has 0 spiro atoms. The van der Waals surface area contributed by atoms with Crippen LogP contribution in [0.25, 0.3) is 26.8 Å². The molecule has 0 aromatic carbocycles. The molecule has 1 amide bonds. The highest BCUT2D eigenvalue weighted by atomic mass is 79.9. The first-order valence-electron chi connectivity index (χ1n) is 9.10. The van der Waals surface area contributed by atoms with Gasteiger partial charge in [0, 0.05) is 19.3 Å². The van der Waals surface area contributed by atoms with Crippen molar-refractivity contribution >= 4 is 59.9 Å².